The Morgan fingerprint density at radius 3 is 2.10 bits per heavy atom. The summed E-state index contributed by atoms with van der Waals surface area (Å²) in [5.74, 6) is -0.335. The van der Waals surface area contributed by atoms with Crippen LogP contribution in [0.2, 0.25) is 0 Å². The second kappa shape index (κ2) is 8.57. The summed E-state index contributed by atoms with van der Waals surface area (Å²) >= 11 is 0. The molecule has 9 heteroatoms. The van der Waals surface area contributed by atoms with Crippen molar-refractivity contribution in [3.63, 3.8) is 0 Å². The van der Waals surface area contributed by atoms with Gasteiger partial charge in [-0.05, 0) is 38.7 Å². The smallest absolute Gasteiger partial charge is 0.399 e. The predicted octanol–water partition coefficient (Wildman–Crippen LogP) is -0.485. The van der Waals surface area contributed by atoms with Crippen molar-refractivity contribution in [2.45, 2.75) is 82.7 Å². The summed E-state index contributed by atoms with van der Waals surface area (Å²) in [6.07, 6.45) is -3.66. The first-order valence-electron chi connectivity index (χ1n) is 10.3. The van der Waals surface area contributed by atoms with Crippen molar-refractivity contribution in [3.05, 3.63) is 29.8 Å². The Labute approximate surface area is 177 Å². The third-order valence-electron chi connectivity index (χ3n) is 6.34. The molecule has 5 unspecified atom stereocenters. The van der Waals surface area contributed by atoms with Gasteiger partial charge in [-0.1, -0.05) is 24.3 Å². The molecule has 0 radical (unpaired) electrons. The van der Waals surface area contributed by atoms with E-state index in [1.807, 2.05) is 52.0 Å². The molecule has 1 aromatic carbocycles. The molecule has 1 amide bonds. The van der Waals surface area contributed by atoms with Crippen molar-refractivity contribution in [1.29, 1.82) is 0 Å². The van der Waals surface area contributed by atoms with E-state index in [1.165, 1.54) is 6.92 Å². The molecular formula is C21H32BNO7. The van der Waals surface area contributed by atoms with Crippen LogP contribution in [0.5, 0.6) is 0 Å². The minimum absolute atomic E-state index is 0.335. The van der Waals surface area contributed by atoms with Crippen LogP contribution >= 0.6 is 0 Å². The summed E-state index contributed by atoms with van der Waals surface area (Å²) in [6.45, 7) is 8.92. The zero-order chi connectivity index (χ0) is 22.3. The van der Waals surface area contributed by atoms with Crippen LogP contribution in [0, 0.1) is 0 Å². The molecule has 0 saturated carbocycles. The number of aliphatic hydroxyl groups excluding tert-OH is 3. The number of benzene rings is 1. The molecule has 5 atom stereocenters. The number of rotatable bonds is 5. The fourth-order valence-corrected chi connectivity index (χ4v) is 3.80. The van der Waals surface area contributed by atoms with Gasteiger partial charge in [0.05, 0.1) is 30.0 Å². The maximum Gasteiger partial charge on any atom is 0.494 e. The van der Waals surface area contributed by atoms with Crippen molar-refractivity contribution < 1.29 is 34.2 Å². The van der Waals surface area contributed by atoms with Gasteiger partial charge in [-0.3, -0.25) is 4.79 Å². The average molecular weight is 421 g/mol. The fourth-order valence-electron chi connectivity index (χ4n) is 3.80. The predicted molar refractivity (Wildman–Crippen MR) is 111 cm³/mol. The Hall–Kier alpha value is -1.49. The van der Waals surface area contributed by atoms with Crippen LogP contribution in [0.3, 0.4) is 0 Å². The van der Waals surface area contributed by atoms with Crippen LogP contribution in [0.25, 0.3) is 0 Å². The molecule has 166 valence electrons. The molecule has 3 rings (SSSR count). The van der Waals surface area contributed by atoms with Gasteiger partial charge in [0.15, 0.2) is 0 Å². The first-order chi connectivity index (χ1) is 13.9. The molecule has 2 fully saturated rings. The van der Waals surface area contributed by atoms with Crippen molar-refractivity contribution in [3.8, 4) is 0 Å². The normalized spacial score (nSPS) is 32.8. The Bertz CT molecular complexity index is 738. The standard InChI is InChI=1S/C21H32BNO7/c1-12(25)23-17-15(28-16(11-24)18(26)19(17)27)10-13-6-8-14(9-7-13)22-29-20(2,3)21(4,5)30-22/h6-9,15-19,24,26-27H,10-11H2,1-5H3,(H,23,25). The molecule has 2 heterocycles. The van der Waals surface area contributed by atoms with Gasteiger partial charge < -0.3 is 34.7 Å². The number of nitrogens with one attached hydrogen (secondary N) is 1. The van der Waals surface area contributed by atoms with Crippen LogP contribution in [0.4, 0.5) is 0 Å². The molecule has 4 N–H and O–H groups in total. The molecule has 0 aromatic heterocycles. The van der Waals surface area contributed by atoms with Gasteiger partial charge in [-0.15, -0.1) is 0 Å². The number of carbonyl (C=O) groups excluding carboxylic acids is 1. The quantitative estimate of drug-likeness (QED) is 0.474. The number of hydrogen-bond donors (Lipinski definition) is 4. The topological polar surface area (TPSA) is 117 Å². The van der Waals surface area contributed by atoms with E-state index in [0.29, 0.717) is 6.42 Å². The zero-order valence-electron chi connectivity index (χ0n) is 18.2. The summed E-state index contributed by atoms with van der Waals surface area (Å²) in [6, 6.07) is 6.88. The SMILES string of the molecule is CC(=O)NC1C(Cc2ccc(B3OC(C)(C)C(C)(C)O3)cc2)OC(CO)C(O)C1O. The van der Waals surface area contributed by atoms with Gasteiger partial charge in [0.1, 0.15) is 18.3 Å². The second-order valence-electron chi connectivity index (χ2n) is 9.14. The van der Waals surface area contributed by atoms with Crippen LogP contribution < -0.4 is 10.8 Å². The van der Waals surface area contributed by atoms with Crippen molar-refractivity contribution in [1.82, 2.24) is 5.32 Å². The molecule has 0 bridgehead atoms. The van der Waals surface area contributed by atoms with Crippen LogP contribution in [-0.2, 0) is 25.3 Å². The molecule has 2 aliphatic heterocycles. The summed E-state index contributed by atoms with van der Waals surface area (Å²) in [7, 11) is -0.460. The van der Waals surface area contributed by atoms with E-state index < -0.39 is 55.4 Å². The third-order valence-corrected chi connectivity index (χ3v) is 6.34. The summed E-state index contributed by atoms with van der Waals surface area (Å²) in [5, 5.41) is 32.7. The van der Waals surface area contributed by atoms with Crippen LogP contribution in [-0.4, -0.2) is 76.6 Å². The third kappa shape index (κ3) is 4.56. The van der Waals surface area contributed by atoms with Gasteiger partial charge >= 0.3 is 7.12 Å². The first kappa shape index (κ1) is 23.2. The number of amides is 1. The Kier molecular flexibility index (Phi) is 6.62. The van der Waals surface area contributed by atoms with Gasteiger partial charge in [0.25, 0.3) is 0 Å². The lowest BCUT2D eigenvalue weighted by molar-refractivity contribution is -0.194. The average Bonchev–Trinajstić information content (AvgIpc) is 2.89. The maximum atomic E-state index is 11.6. The van der Waals surface area contributed by atoms with E-state index in [4.69, 9.17) is 14.0 Å². The molecular weight excluding hydrogens is 389 g/mol. The summed E-state index contributed by atoms with van der Waals surface area (Å²) < 4.78 is 17.9. The monoisotopic (exact) mass is 421 g/mol. The number of hydrogen-bond acceptors (Lipinski definition) is 7. The number of aliphatic hydroxyl groups is 3. The van der Waals surface area contributed by atoms with E-state index in [1.54, 1.807) is 0 Å². The molecule has 2 saturated heterocycles. The number of ether oxygens (including phenoxy) is 1. The van der Waals surface area contributed by atoms with Crippen molar-refractivity contribution in [2.24, 2.45) is 0 Å². The molecule has 0 spiro atoms. The minimum Gasteiger partial charge on any atom is -0.399 e. The summed E-state index contributed by atoms with van der Waals surface area (Å²) in [4.78, 5) is 11.6. The van der Waals surface area contributed by atoms with Crippen molar-refractivity contribution in [2.75, 3.05) is 6.61 Å². The molecule has 2 aliphatic rings. The van der Waals surface area contributed by atoms with E-state index in [9.17, 15) is 20.1 Å². The largest absolute Gasteiger partial charge is 0.494 e. The van der Waals surface area contributed by atoms with E-state index >= 15 is 0 Å². The van der Waals surface area contributed by atoms with Gasteiger partial charge in [-0.25, -0.2) is 0 Å². The van der Waals surface area contributed by atoms with Crippen molar-refractivity contribution >= 4 is 18.5 Å². The van der Waals surface area contributed by atoms with E-state index in [2.05, 4.69) is 5.32 Å². The highest BCUT2D eigenvalue weighted by Crippen LogP contribution is 2.36. The Morgan fingerprint density at radius 1 is 1.03 bits per heavy atom. The second-order valence-corrected chi connectivity index (χ2v) is 9.14. The lowest BCUT2D eigenvalue weighted by atomic mass is 9.78. The van der Waals surface area contributed by atoms with E-state index in [-0.39, 0.29) is 5.91 Å². The van der Waals surface area contributed by atoms with Gasteiger partial charge in [-0.2, -0.15) is 0 Å². The zero-order valence-corrected chi connectivity index (χ0v) is 18.2. The van der Waals surface area contributed by atoms with Gasteiger partial charge in [0, 0.05) is 13.3 Å². The Balaban J connectivity index is 1.74. The maximum absolute atomic E-state index is 11.6. The Morgan fingerprint density at radius 2 is 1.60 bits per heavy atom. The molecule has 1 aromatic rings. The fraction of sp³-hybridized carbons (Fsp3) is 0.667. The van der Waals surface area contributed by atoms with Gasteiger partial charge in [0.2, 0.25) is 5.91 Å². The molecule has 8 nitrogen and oxygen atoms in total. The lowest BCUT2D eigenvalue weighted by Crippen LogP contribution is -2.64. The molecule has 30 heavy (non-hydrogen) atoms. The van der Waals surface area contributed by atoms with E-state index in [0.717, 1.165) is 11.0 Å². The summed E-state index contributed by atoms with van der Waals surface area (Å²) in [5.41, 5.74) is 0.961. The number of carbonyl (C=O) groups is 1. The highest BCUT2D eigenvalue weighted by atomic mass is 16.7. The minimum atomic E-state index is -1.28. The van der Waals surface area contributed by atoms with Crippen LogP contribution in [0.1, 0.15) is 40.2 Å². The molecule has 0 aliphatic carbocycles. The van der Waals surface area contributed by atoms with Crippen LogP contribution in [0.15, 0.2) is 24.3 Å². The highest BCUT2D eigenvalue weighted by Gasteiger charge is 2.51. The first-order valence-corrected chi connectivity index (χ1v) is 10.3. The lowest BCUT2D eigenvalue weighted by Gasteiger charge is -2.42. The highest BCUT2D eigenvalue weighted by molar-refractivity contribution is 6.62.